The van der Waals surface area contributed by atoms with Gasteiger partial charge in [0.2, 0.25) is 0 Å². The highest BCUT2D eigenvalue weighted by molar-refractivity contribution is 6.09. The summed E-state index contributed by atoms with van der Waals surface area (Å²) in [6, 6.07) is 20.6. The number of carbonyl (C=O) groups excluding carboxylic acids is 1. The third-order valence-corrected chi connectivity index (χ3v) is 4.50. The van der Waals surface area contributed by atoms with Crippen LogP contribution in [-0.2, 0) is 0 Å². The molecular formula is C22H16N2O4. The first-order valence-corrected chi connectivity index (χ1v) is 8.59. The Hall–Kier alpha value is -3.93. The lowest BCUT2D eigenvalue weighted by Crippen LogP contribution is -2.17. The van der Waals surface area contributed by atoms with E-state index in [0.29, 0.717) is 22.6 Å². The molecule has 0 saturated carbocycles. The number of aromatic carboxylic acids is 1. The number of ether oxygens (including phenoxy) is 1. The van der Waals surface area contributed by atoms with Gasteiger partial charge in [-0.1, -0.05) is 24.3 Å². The maximum atomic E-state index is 13.4. The van der Waals surface area contributed by atoms with Crippen LogP contribution in [-0.4, -0.2) is 33.6 Å². The molecule has 6 heteroatoms. The van der Waals surface area contributed by atoms with Gasteiger partial charge in [0, 0.05) is 5.56 Å². The number of aromatic nitrogens is 2. The van der Waals surface area contributed by atoms with Crippen molar-refractivity contribution in [2.24, 2.45) is 0 Å². The molecule has 0 unspecified atom stereocenters. The maximum absolute atomic E-state index is 13.4. The molecule has 0 aliphatic carbocycles. The Morgan fingerprint density at radius 3 is 2.21 bits per heavy atom. The zero-order valence-electron chi connectivity index (χ0n) is 15.0. The van der Waals surface area contributed by atoms with E-state index < -0.39 is 11.9 Å². The molecule has 0 saturated heterocycles. The molecule has 0 radical (unpaired) electrons. The standard InChI is InChI=1S/C22H16N2O4/c1-28-15-12-10-14(11-13-15)20-23-18-8-4-5-9-19(18)24(20)21(25)16-6-2-3-7-17(16)22(26)27/h2-13H,1H3,(H,26,27). The number of carboxylic acids is 1. The van der Waals surface area contributed by atoms with Crippen LogP contribution in [0.1, 0.15) is 20.7 Å². The fourth-order valence-electron chi connectivity index (χ4n) is 3.14. The molecule has 138 valence electrons. The van der Waals surface area contributed by atoms with E-state index in [0.717, 1.165) is 5.56 Å². The van der Waals surface area contributed by atoms with Crippen LogP contribution in [0, 0.1) is 0 Å². The fraction of sp³-hybridized carbons (Fsp3) is 0.0455. The van der Waals surface area contributed by atoms with Crippen molar-refractivity contribution in [2.75, 3.05) is 7.11 Å². The summed E-state index contributed by atoms with van der Waals surface area (Å²) in [5.74, 6) is -0.472. The zero-order chi connectivity index (χ0) is 19.7. The zero-order valence-corrected chi connectivity index (χ0v) is 15.0. The number of methoxy groups -OCH3 is 1. The Morgan fingerprint density at radius 2 is 1.54 bits per heavy atom. The number of para-hydroxylation sites is 2. The van der Waals surface area contributed by atoms with Crippen molar-refractivity contribution < 1.29 is 19.4 Å². The first-order chi connectivity index (χ1) is 13.6. The van der Waals surface area contributed by atoms with E-state index in [1.807, 2.05) is 30.3 Å². The van der Waals surface area contributed by atoms with Crippen molar-refractivity contribution in [3.8, 4) is 17.1 Å². The van der Waals surface area contributed by atoms with Crippen LogP contribution in [0.2, 0.25) is 0 Å². The molecule has 0 aliphatic heterocycles. The summed E-state index contributed by atoms with van der Waals surface area (Å²) in [6.07, 6.45) is 0. The second-order valence-corrected chi connectivity index (χ2v) is 6.14. The minimum absolute atomic E-state index is 0.0500. The van der Waals surface area contributed by atoms with E-state index in [-0.39, 0.29) is 11.1 Å². The topological polar surface area (TPSA) is 81.4 Å². The molecule has 0 atom stereocenters. The van der Waals surface area contributed by atoms with Crippen molar-refractivity contribution >= 4 is 22.9 Å². The van der Waals surface area contributed by atoms with Crippen LogP contribution in [0.5, 0.6) is 5.75 Å². The molecule has 0 spiro atoms. The summed E-state index contributed by atoms with van der Waals surface area (Å²) < 4.78 is 6.65. The van der Waals surface area contributed by atoms with Crippen LogP contribution < -0.4 is 4.74 Å². The lowest BCUT2D eigenvalue weighted by molar-refractivity contribution is 0.0691. The molecule has 1 N–H and O–H groups in total. The maximum Gasteiger partial charge on any atom is 0.336 e. The minimum atomic E-state index is -1.15. The fourth-order valence-corrected chi connectivity index (χ4v) is 3.14. The van der Waals surface area contributed by atoms with Gasteiger partial charge in [-0.25, -0.2) is 9.78 Å². The molecule has 0 amide bonds. The average Bonchev–Trinajstić information content (AvgIpc) is 3.12. The van der Waals surface area contributed by atoms with Gasteiger partial charge in [-0.05, 0) is 48.5 Å². The molecule has 0 aliphatic rings. The van der Waals surface area contributed by atoms with Gasteiger partial charge >= 0.3 is 5.97 Å². The third kappa shape index (κ3) is 2.91. The molecular weight excluding hydrogens is 356 g/mol. The van der Waals surface area contributed by atoms with Gasteiger partial charge in [0.25, 0.3) is 5.91 Å². The lowest BCUT2D eigenvalue weighted by atomic mass is 10.1. The average molecular weight is 372 g/mol. The smallest absolute Gasteiger partial charge is 0.336 e. The van der Waals surface area contributed by atoms with Gasteiger partial charge in [0.15, 0.2) is 0 Å². The third-order valence-electron chi connectivity index (χ3n) is 4.50. The number of hydrogen-bond donors (Lipinski definition) is 1. The quantitative estimate of drug-likeness (QED) is 0.583. The van der Waals surface area contributed by atoms with Crippen molar-refractivity contribution in [3.05, 3.63) is 83.9 Å². The molecule has 4 rings (SSSR count). The molecule has 1 heterocycles. The number of imidazole rings is 1. The van der Waals surface area contributed by atoms with Crippen molar-refractivity contribution in [3.63, 3.8) is 0 Å². The van der Waals surface area contributed by atoms with Crippen LogP contribution in [0.4, 0.5) is 0 Å². The second-order valence-electron chi connectivity index (χ2n) is 6.14. The highest BCUT2D eigenvalue weighted by Crippen LogP contribution is 2.28. The number of carbonyl (C=O) groups is 2. The Labute approximate surface area is 160 Å². The second kappa shape index (κ2) is 7.00. The number of rotatable bonds is 4. The Balaban J connectivity index is 1.95. The molecule has 28 heavy (non-hydrogen) atoms. The number of hydrogen-bond acceptors (Lipinski definition) is 4. The first kappa shape index (κ1) is 17.5. The van der Waals surface area contributed by atoms with Gasteiger partial charge in [0.1, 0.15) is 11.6 Å². The van der Waals surface area contributed by atoms with Crippen molar-refractivity contribution in [1.82, 2.24) is 9.55 Å². The predicted octanol–water partition coefficient (Wildman–Crippen LogP) is 4.10. The van der Waals surface area contributed by atoms with Gasteiger partial charge in [-0.2, -0.15) is 0 Å². The molecule has 0 bridgehead atoms. The summed E-state index contributed by atoms with van der Waals surface area (Å²) in [5.41, 5.74) is 2.03. The molecule has 1 aromatic heterocycles. The Morgan fingerprint density at radius 1 is 0.893 bits per heavy atom. The normalized spacial score (nSPS) is 10.8. The van der Waals surface area contributed by atoms with Gasteiger partial charge in [-0.3, -0.25) is 9.36 Å². The van der Waals surface area contributed by atoms with Crippen molar-refractivity contribution in [1.29, 1.82) is 0 Å². The number of fused-ring (bicyclic) bond motifs is 1. The molecule has 3 aromatic carbocycles. The lowest BCUT2D eigenvalue weighted by Gasteiger charge is -2.10. The largest absolute Gasteiger partial charge is 0.497 e. The van der Waals surface area contributed by atoms with Crippen LogP contribution in [0.15, 0.2) is 72.8 Å². The summed E-state index contributed by atoms with van der Waals surface area (Å²) >= 11 is 0. The summed E-state index contributed by atoms with van der Waals surface area (Å²) in [7, 11) is 1.58. The minimum Gasteiger partial charge on any atom is -0.497 e. The van der Waals surface area contributed by atoms with Crippen LogP contribution in [0.25, 0.3) is 22.4 Å². The van der Waals surface area contributed by atoms with Gasteiger partial charge in [0.05, 0.1) is 29.3 Å². The van der Waals surface area contributed by atoms with Crippen LogP contribution in [0.3, 0.4) is 0 Å². The Bertz CT molecular complexity index is 1190. The van der Waals surface area contributed by atoms with E-state index in [2.05, 4.69) is 4.98 Å². The first-order valence-electron chi connectivity index (χ1n) is 8.59. The molecule has 4 aromatic rings. The summed E-state index contributed by atoms with van der Waals surface area (Å²) in [5, 5.41) is 9.48. The monoisotopic (exact) mass is 372 g/mol. The SMILES string of the molecule is COc1ccc(-c2nc3ccccc3n2C(=O)c2ccccc2C(=O)O)cc1. The Kier molecular flexibility index (Phi) is 4.37. The van der Waals surface area contributed by atoms with E-state index in [1.54, 1.807) is 37.4 Å². The molecule has 6 nitrogen and oxygen atoms in total. The van der Waals surface area contributed by atoms with Gasteiger partial charge in [-0.15, -0.1) is 0 Å². The predicted molar refractivity (Wildman–Crippen MR) is 105 cm³/mol. The number of carboxylic acid groups (broad SMARTS) is 1. The van der Waals surface area contributed by atoms with E-state index in [4.69, 9.17) is 4.74 Å². The van der Waals surface area contributed by atoms with E-state index >= 15 is 0 Å². The summed E-state index contributed by atoms with van der Waals surface area (Å²) in [6.45, 7) is 0. The van der Waals surface area contributed by atoms with Crippen molar-refractivity contribution in [2.45, 2.75) is 0 Å². The highest BCUT2D eigenvalue weighted by atomic mass is 16.5. The highest BCUT2D eigenvalue weighted by Gasteiger charge is 2.23. The van der Waals surface area contributed by atoms with Crippen LogP contribution >= 0.6 is 0 Å². The number of nitrogens with zero attached hydrogens (tertiary/aromatic N) is 2. The van der Waals surface area contributed by atoms with E-state index in [1.165, 1.54) is 16.7 Å². The summed E-state index contributed by atoms with van der Waals surface area (Å²) in [4.78, 5) is 29.6. The number of benzene rings is 3. The van der Waals surface area contributed by atoms with E-state index in [9.17, 15) is 14.7 Å². The van der Waals surface area contributed by atoms with Gasteiger partial charge < -0.3 is 9.84 Å². The molecule has 0 fully saturated rings.